The molecule has 0 N–H and O–H groups in total. The minimum atomic E-state index is 1.22. The summed E-state index contributed by atoms with van der Waals surface area (Å²) in [5.74, 6) is 0. The van der Waals surface area contributed by atoms with Crippen LogP contribution in [0.5, 0.6) is 0 Å². The van der Waals surface area contributed by atoms with Gasteiger partial charge in [0.1, 0.15) is 0 Å². The fourth-order valence-electron chi connectivity index (χ4n) is 23.5. The van der Waals surface area contributed by atoms with E-state index in [0.29, 0.717) is 0 Å². The Bertz CT molecular complexity index is 10300. The number of hydrogen-bond acceptors (Lipinski definition) is 0. The van der Waals surface area contributed by atoms with Crippen molar-refractivity contribution in [3.63, 3.8) is 0 Å². The summed E-state index contributed by atoms with van der Waals surface area (Å²) in [7, 11) is 0. The van der Waals surface area contributed by atoms with E-state index in [9.17, 15) is 0 Å². The predicted molar refractivity (Wildman–Crippen MR) is 613 cm³/mol. The maximum atomic E-state index is 2.38. The number of rotatable bonds is 9. The minimum Gasteiger partial charge on any atom is -0.0616 e. The lowest BCUT2D eigenvalue weighted by Crippen LogP contribution is -1.87. The van der Waals surface area contributed by atoms with Gasteiger partial charge in [-0.05, 0) is 380 Å². The molecule has 0 fully saturated rings. The zero-order valence-electron chi connectivity index (χ0n) is 77.8. The molecule has 656 valence electrons. The first kappa shape index (κ1) is 81.9. The highest BCUT2D eigenvalue weighted by Gasteiger charge is 2.25. The molecular weight excluding hydrogens is 1710 g/mol. The third-order valence-electron chi connectivity index (χ3n) is 30.3. The summed E-state index contributed by atoms with van der Waals surface area (Å²) >= 11 is 0. The molecule has 0 unspecified atom stereocenters. The average molecular weight is 1790 g/mol. The highest BCUT2D eigenvalue weighted by atomic mass is 14.3. The quantitative estimate of drug-likeness (QED) is 0.126. The van der Waals surface area contributed by atoms with E-state index in [2.05, 4.69) is 534 Å². The molecule has 0 saturated carbocycles. The van der Waals surface area contributed by atoms with E-state index < -0.39 is 0 Å². The SMILES string of the molecule is c1cc(-c2ccc3cc(-c4cc5ccccc5c5ccccc45)ccc3c2)cc(-c2cc3ccc4ccccc4c3c3ccccc23)c1.c1cc(-c2ccc3cc(-c4ccc5c6c(cccc46)-c4ccccc4-5)ccc3c2)cc(-c2cc3ccc4ccccc4c3c3ccccc23)c1.c1cc(-c2ccc3cc(-c4ccc5ccccc5c4)ccc3c2)cc(-c2cc3ccc4ccccc4c3c3ccccc23)c1. The zero-order chi connectivity index (χ0) is 93.4. The molecule has 1 aliphatic rings. The Morgan fingerprint density at radius 2 is 0.289 bits per heavy atom. The van der Waals surface area contributed by atoms with Crippen LogP contribution >= 0.6 is 0 Å². The Kier molecular flexibility index (Phi) is 19.5. The number of benzene rings is 29. The van der Waals surface area contributed by atoms with Crippen molar-refractivity contribution in [3.05, 3.63) is 534 Å². The van der Waals surface area contributed by atoms with Crippen molar-refractivity contribution < 1.29 is 0 Å². The number of fused-ring (bicyclic) bond motifs is 25. The van der Waals surface area contributed by atoms with Crippen LogP contribution in [0.3, 0.4) is 0 Å². The lowest BCUT2D eigenvalue weighted by Gasteiger charge is -2.14. The van der Waals surface area contributed by atoms with Gasteiger partial charge in [-0.1, -0.05) is 449 Å². The molecule has 0 aromatic heterocycles. The van der Waals surface area contributed by atoms with Gasteiger partial charge in [0.05, 0.1) is 0 Å². The predicted octanol–water partition coefficient (Wildman–Crippen LogP) is 40.2. The van der Waals surface area contributed by atoms with Gasteiger partial charge >= 0.3 is 0 Å². The average Bonchev–Trinajstić information content (AvgIpc) is 1.07. The summed E-state index contributed by atoms with van der Waals surface area (Å²) in [6.07, 6.45) is 0. The van der Waals surface area contributed by atoms with Crippen LogP contribution in [0, 0.1) is 0 Å². The number of hydrogen-bond donors (Lipinski definition) is 0. The second-order valence-electron chi connectivity index (χ2n) is 38.3. The fraction of sp³-hybridized carbons (Fsp3) is 0. The normalized spacial score (nSPS) is 11.8. The van der Waals surface area contributed by atoms with E-state index in [1.165, 1.54) is 295 Å². The lowest BCUT2D eigenvalue weighted by molar-refractivity contribution is 1.62. The van der Waals surface area contributed by atoms with Crippen LogP contribution in [0.1, 0.15) is 0 Å². The first-order chi connectivity index (χ1) is 70.3. The Balaban J connectivity index is 0.000000104. The summed E-state index contributed by atoms with van der Waals surface area (Å²) in [4.78, 5) is 0. The molecule has 1 aliphatic carbocycles. The first-order valence-electron chi connectivity index (χ1n) is 49.3. The van der Waals surface area contributed by atoms with Crippen LogP contribution in [0.25, 0.3) is 295 Å². The van der Waals surface area contributed by atoms with Crippen molar-refractivity contribution in [1.82, 2.24) is 0 Å². The van der Waals surface area contributed by atoms with Crippen molar-refractivity contribution in [2.75, 3.05) is 0 Å². The van der Waals surface area contributed by atoms with Gasteiger partial charge in [-0.2, -0.15) is 0 Å². The highest BCUT2D eigenvalue weighted by Crippen LogP contribution is 2.52. The van der Waals surface area contributed by atoms with Crippen LogP contribution < -0.4 is 0 Å². The Morgan fingerprint density at radius 1 is 0.0704 bits per heavy atom. The summed E-state index contributed by atoms with van der Waals surface area (Å²) < 4.78 is 0. The zero-order valence-corrected chi connectivity index (χ0v) is 77.8. The standard InChI is InChI=1S/C50H30.C48H30.C44H28/c1-2-12-40-31(9-1)19-24-38-30-48(43-15-5-6-16-45(43)49(38)40)36-11-7-10-32(28-36)33-20-21-35-29-37(23-22-34(35)27-33)39-25-26-47-42-14-4-3-13-41(42)46-18-8-17-44(39)50(46)47;1-4-15-41-31(10-1)20-25-39-30-47(44-18-7-8-19-45(44)48(39)41)36-13-9-12-32(27-36)33-21-22-35-28-38(24-23-34(35)26-33)46-29-37-11-2-3-14-40(37)42-16-5-6-17-43(42)46;1-2-10-31-24-34(18-16-29(31)8-1)36-22-21-35-25-33(19-20-37(35)26-36)32-11-7-12-38(27-32)43-28-39-23-17-30-9-3-4-13-40(30)44(39)42-15-6-5-14-41(42)43/h1-30H;1-30H;1-28H. The van der Waals surface area contributed by atoms with Gasteiger partial charge in [0.15, 0.2) is 0 Å². The second kappa shape index (κ2) is 33.8. The minimum absolute atomic E-state index is 1.22. The van der Waals surface area contributed by atoms with E-state index in [0.717, 1.165) is 0 Å². The van der Waals surface area contributed by atoms with Crippen LogP contribution in [0.4, 0.5) is 0 Å². The molecule has 29 aromatic rings. The Hall–Kier alpha value is -18.5. The molecule has 0 bridgehead atoms. The van der Waals surface area contributed by atoms with Crippen molar-refractivity contribution in [2.24, 2.45) is 0 Å². The van der Waals surface area contributed by atoms with E-state index in [4.69, 9.17) is 0 Å². The summed E-state index contributed by atoms with van der Waals surface area (Å²) in [6, 6.07) is 197. The molecule has 0 heteroatoms. The van der Waals surface area contributed by atoms with Crippen LogP contribution in [0.15, 0.2) is 534 Å². The van der Waals surface area contributed by atoms with E-state index in [1.54, 1.807) is 0 Å². The molecule has 29 aromatic carbocycles. The molecule has 0 radical (unpaired) electrons. The van der Waals surface area contributed by atoms with E-state index >= 15 is 0 Å². The fourth-order valence-corrected chi connectivity index (χ4v) is 23.5. The van der Waals surface area contributed by atoms with Gasteiger partial charge < -0.3 is 0 Å². The molecule has 0 heterocycles. The molecule has 142 heavy (non-hydrogen) atoms. The molecule has 30 rings (SSSR count). The summed E-state index contributed by atoms with van der Waals surface area (Å²) in [6.45, 7) is 0. The molecule has 0 saturated heterocycles. The maximum absolute atomic E-state index is 2.38. The van der Waals surface area contributed by atoms with Gasteiger partial charge in [-0.15, -0.1) is 0 Å². The van der Waals surface area contributed by atoms with E-state index in [-0.39, 0.29) is 0 Å². The molecular formula is C142H88. The Labute approximate surface area is 822 Å². The van der Waals surface area contributed by atoms with Crippen molar-refractivity contribution in [1.29, 1.82) is 0 Å². The van der Waals surface area contributed by atoms with Crippen LogP contribution in [-0.4, -0.2) is 0 Å². The van der Waals surface area contributed by atoms with Gasteiger partial charge in [0, 0.05) is 0 Å². The smallest absolute Gasteiger partial charge is 0.00201 e. The van der Waals surface area contributed by atoms with Crippen molar-refractivity contribution in [3.8, 4) is 122 Å². The summed E-state index contributed by atoms with van der Waals surface area (Å²) in [5, 5.41) is 41.2. The topological polar surface area (TPSA) is 0 Å². The summed E-state index contributed by atoms with van der Waals surface area (Å²) in [5.41, 5.74) is 27.8. The van der Waals surface area contributed by atoms with E-state index in [1.807, 2.05) is 0 Å². The lowest BCUT2D eigenvalue weighted by atomic mass is 9.89. The maximum Gasteiger partial charge on any atom is -0.00201 e. The van der Waals surface area contributed by atoms with Crippen molar-refractivity contribution >= 4 is 172 Å². The molecule has 0 atom stereocenters. The highest BCUT2D eigenvalue weighted by molar-refractivity contribution is 6.28. The first-order valence-corrected chi connectivity index (χ1v) is 49.3. The van der Waals surface area contributed by atoms with Gasteiger partial charge in [-0.25, -0.2) is 0 Å². The monoisotopic (exact) mass is 1790 g/mol. The molecule has 0 aliphatic heterocycles. The Morgan fingerprint density at radius 3 is 0.690 bits per heavy atom. The van der Waals surface area contributed by atoms with Gasteiger partial charge in [0.2, 0.25) is 0 Å². The van der Waals surface area contributed by atoms with Crippen LogP contribution in [-0.2, 0) is 0 Å². The third-order valence-corrected chi connectivity index (χ3v) is 30.3. The van der Waals surface area contributed by atoms with Crippen molar-refractivity contribution in [2.45, 2.75) is 0 Å². The van der Waals surface area contributed by atoms with Gasteiger partial charge in [0.25, 0.3) is 0 Å². The third kappa shape index (κ3) is 14.0. The van der Waals surface area contributed by atoms with Crippen LogP contribution in [0.2, 0.25) is 0 Å². The molecule has 0 spiro atoms. The second-order valence-corrected chi connectivity index (χ2v) is 38.3. The molecule has 0 nitrogen and oxygen atoms in total. The largest absolute Gasteiger partial charge is 0.0616 e. The molecule has 0 amide bonds. The van der Waals surface area contributed by atoms with Gasteiger partial charge in [-0.3, -0.25) is 0 Å².